The lowest BCUT2D eigenvalue weighted by atomic mass is 9.87. The third-order valence-corrected chi connectivity index (χ3v) is 8.40. The molecule has 0 radical (unpaired) electrons. The molecule has 0 spiro atoms. The number of nitrogens with zero attached hydrogens (tertiary/aromatic N) is 1. The number of alkyl halides is 1. The summed E-state index contributed by atoms with van der Waals surface area (Å²) in [6.45, 7) is 2.13. The lowest BCUT2D eigenvalue weighted by Crippen LogP contribution is -2.26. The van der Waals surface area contributed by atoms with Gasteiger partial charge in [-0.15, -0.1) is 0 Å². The van der Waals surface area contributed by atoms with Gasteiger partial charge in [-0.2, -0.15) is 0 Å². The highest BCUT2D eigenvalue weighted by atomic mass is 35.5. The smallest absolute Gasteiger partial charge is 0.229 e. The van der Waals surface area contributed by atoms with Gasteiger partial charge < -0.3 is 4.74 Å². The third kappa shape index (κ3) is 6.67. The molecule has 1 N–H and O–H groups in total. The number of anilines is 1. The van der Waals surface area contributed by atoms with Gasteiger partial charge in [-0.25, -0.2) is 12.8 Å². The van der Waals surface area contributed by atoms with Crippen LogP contribution in [0.5, 0.6) is 5.75 Å². The summed E-state index contributed by atoms with van der Waals surface area (Å²) in [5, 5.41) is 0.0901. The second-order valence-electron chi connectivity index (χ2n) is 10.5. The molecule has 1 unspecified atom stereocenters. The van der Waals surface area contributed by atoms with E-state index in [1.165, 1.54) is 6.07 Å². The highest BCUT2D eigenvalue weighted by Gasteiger charge is 2.25. The Bertz CT molecular complexity index is 1510. The number of sulfonamides is 1. The third-order valence-electron chi connectivity index (χ3n) is 7.41. The van der Waals surface area contributed by atoms with Crippen molar-refractivity contribution in [3.63, 3.8) is 0 Å². The Morgan fingerprint density at radius 1 is 1.07 bits per heavy atom. The van der Waals surface area contributed by atoms with Crippen LogP contribution in [0.3, 0.4) is 0 Å². The van der Waals surface area contributed by atoms with Crippen molar-refractivity contribution in [2.24, 2.45) is 0 Å². The summed E-state index contributed by atoms with van der Waals surface area (Å²) in [4.78, 5) is 2.23. The number of benzene rings is 3. The van der Waals surface area contributed by atoms with E-state index in [1.807, 2.05) is 42.5 Å². The lowest BCUT2D eigenvalue weighted by Gasteiger charge is -2.19. The number of hydrogen-bond acceptors (Lipinski definition) is 4. The molecule has 5 nitrogen and oxygen atoms in total. The molecule has 3 aromatic carbocycles. The van der Waals surface area contributed by atoms with Gasteiger partial charge in [0.25, 0.3) is 0 Å². The first-order chi connectivity index (χ1) is 19.2. The van der Waals surface area contributed by atoms with Crippen LogP contribution in [0.25, 0.3) is 11.1 Å². The van der Waals surface area contributed by atoms with E-state index in [2.05, 4.69) is 9.62 Å². The largest absolute Gasteiger partial charge is 0.489 e. The molecular weight excluding hydrogens is 554 g/mol. The fourth-order valence-corrected chi connectivity index (χ4v) is 6.47. The molecule has 1 aliphatic heterocycles. The van der Waals surface area contributed by atoms with Crippen molar-refractivity contribution in [2.45, 2.75) is 38.2 Å². The van der Waals surface area contributed by atoms with Crippen molar-refractivity contribution < 1.29 is 21.9 Å². The van der Waals surface area contributed by atoms with Gasteiger partial charge in [0.05, 0.1) is 18.0 Å². The molecular formula is C31H33ClF2N2O3S. The van der Waals surface area contributed by atoms with Crippen LogP contribution >= 0.6 is 11.6 Å². The minimum absolute atomic E-state index is 0.0608. The second-order valence-corrected chi connectivity index (χ2v) is 12.6. The van der Waals surface area contributed by atoms with Crippen molar-refractivity contribution in [1.82, 2.24) is 4.90 Å². The van der Waals surface area contributed by atoms with Crippen molar-refractivity contribution in [2.75, 3.05) is 37.3 Å². The average molecular weight is 587 g/mol. The quantitative estimate of drug-likeness (QED) is 0.294. The summed E-state index contributed by atoms with van der Waals surface area (Å²) in [6, 6.07) is 18.3. The topological polar surface area (TPSA) is 58.6 Å². The van der Waals surface area contributed by atoms with Gasteiger partial charge in [0.1, 0.15) is 17.7 Å². The predicted octanol–water partition coefficient (Wildman–Crippen LogP) is 6.96. The van der Waals surface area contributed by atoms with Crippen LogP contribution in [0.1, 0.15) is 47.9 Å². The molecule has 1 heterocycles. The van der Waals surface area contributed by atoms with E-state index in [0.717, 1.165) is 78.7 Å². The van der Waals surface area contributed by atoms with E-state index >= 15 is 0 Å². The van der Waals surface area contributed by atoms with Crippen molar-refractivity contribution in [3.05, 3.63) is 93.8 Å². The Morgan fingerprint density at radius 2 is 1.88 bits per heavy atom. The monoisotopic (exact) mass is 586 g/mol. The van der Waals surface area contributed by atoms with E-state index < -0.39 is 15.8 Å². The van der Waals surface area contributed by atoms with Gasteiger partial charge in [0.2, 0.25) is 10.0 Å². The first-order valence-corrected chi connectivity index (χ1v) is 15.8. The molecule has 1 atom stereocenters. The van der Waals surface area contributed by atoms with E-state index in [4.69, 9.17) is 16.3 Å². The molecule has 0 aromatic heterocycles. The number of nitrogens with one attached hydrogen (secondary N) is 1. The van der Waals surface area contributed by atoms with Crippen molar-refractivity contribution in [3.8, 4) is 5.75 Å². The van der Waals surface area contributed by atoms with Crippen LogP contribution in [0.2, 0.25) is 5.02 Å². The maximum atomic E-state index is 14.6. The average Bonchev–Trinajstić information content (AvgIpc) is 3.27. The summed E-state index contributed by atoms with van der Waals surface area (Å²) in [5.41, 5.74) is 5.95. The van der Waals surface area contributed by atoms with Crippen molar-refractivity contribution >= 4 is 38.5 Å². The zero-order valence-electron chi connectivity index (χ0n) is 22.4. The van der Waals surface area contributed by atoms with Gasteiger partial charge in [-0.1, -0.05) is 41.9 Å². The van der Waals surface area contributed by atoms with E-state index in [0.29, 0.717) is 24.1 Å². The van der Waals surface area contributed by atoms with E-state index in [1.54, 1.807) is 12.1 Å². The number of rotatable bonds is 9. The number of aryl methyl sites for hydroxylation is 1. The highest BCUT2D eigenvalue weighted by molar-refractivity contribution is 7.92. The Morgan fingerprint density at radius 3 is 2.62 bits per heavy atom. The van der Waals surface area contributed by atoms with Crippen LogP contribution in [0.15, 0.2) is 60.7 Å². The molecule has 1 aliphatic carbocycles. The summed E-state index contributed by atoms with van der Waals surface area (Å²) in [5.74, 6) is 0.289. The van der Waals surface area contributed by atoms with Crippen LogP contribution in [-0.2, 0) is 16.4 Å². The summed E-state index contributed by atoms with van der Waals surface area (Å²) >= 11 is 6.49. The molecule has 0 saturated carbocycles. The van der Waals surface area contributed by atoms with Gasteiger partial charge in [0, 0.05) is 25.3 Å². The molecule has 0 bridgehead atoms. The fraction of sp³-hybridized carbons (Fsp3) is 0.355. The number of halogens is 3. The first kappa shape index (κ1) is 28.6. The minimum atomic E-state index is -3.42. The molecule has 1 saturated heterocycles. The standard InChI is InChI=1S/C31H33ClF2N2O3S/c1-40(37,38)35-23-11-14-26-22(19-23)5-2-6-27(28-7-3-8-29(34)31(28)32)30(26)21-9-12-24(13-10-21)39-25-15-18-36(20-25)17-4-16-33/h3,7-14,19,25,35H,2,4-6,15-18,20H2,1H3. The zero-order valence-corrected chi connectivity index (χ0v) is 24.0. The highest BCUT2D eigenvalue weighted by Crippen LogP contribution is 2.43. The van der Waals surface area contributed by atoms with Crippen LogP contribution in [-0.4, -0.2) is 52.0 Å². The Balaban J connectivity index is 1.52. The van der Waals surface area contributed by atoms with E-state index in [-0.39, 0.29) is 17.8 Å². The maximum absolute atomic E-state index is 14.6. The number of likely N-dealkylation sites (tertiary alicyclic amines) is 1. The molecule has 212 valence electrons. The molecule has 0 amide bonds. The Kier molecular flexibility index (Phi) is 8.78. The van der Waals surface area contributed by atoms with E-state index in [9.17, 15) is 17.2 Å². The number of ether oxygens (including phenoxy) is 1. The Hall–Kier alpha value is -2.94. The lowest BCUT2D eigenvalue weighted by molar-refractivity contribution is 0.198. The van der Waals surface area contributed by atoms with Gasteiger partial charge in [-0.3, -0.25) is 14.0 Å². The van der Waals surface area contributed by atoms with Crippen LogP contribution in [0.4, 0.5) is 14.5 Å². The number of allylic oxidation sites excluding steroid dienone is 1. The van der Waals surface area contributed by atoms with Crippen LogP contribution in [0, 0.1) is 5.82 Å². The SMILES string of the molecule is CS(=O)(=O)Nc1ccc2c(c1)CCCC(c1cccc(F)c1Cl)=C2c1ccc(OC2CCN(CCCF)C2)cc1. The molecule has 5 rings (SSSR count). The molecule has 9 heteroatoms. The number of hydrogen-bond donors (Lipinski definition) is 1. The predicted molar refractivity (Wildman–Crippen MR) is 158 cm³/mol. The minimum Gasteiger partial charge on any atom is -0.489 e. The molecule has 40 heavy (non-hydrogen) atoms. The fourth-order valence-electron chi connectivity index (χ4n) is 5.67. The van der Waals surface area contributed by atoms with Gasteiger partial charge in [0.15, 0.2) is 0 Å². The first-order valence-electron chi connectivity index (χ1n) is 13.6. The molecule has 3 aromatic rings. The molecule has 1 fully saturated rings. The summed E-state index contributed by atoms with van der Waals surface area (Å²) < 4.78 is 59.6. The van der Waals surface area contributed by atoms with Gasteiger partial charge >= 0.3 is 0 Å². The normalized spacial score (nSPS) is 17.9. The van der Waals surface area contributed by atoms with Crippen LogP contribution < -0.4 is 9.46 Å². The van der Waals surface area contributed by atoms with Gasteiger partial charge in [-0.05, 0) is 95.8 Å². The zero-order chi connectivity index (χ0) is 28.3. The molecule has 2 aliphatic rings. The maximum Gasteiger partial charge on any atom is 0.229 e. The Labute approximate surface area is 239 Å². The van der Waals surface area contributed by atoms with Crippen molar-refractivity contribution in [1.29, 1.82) is 0 Å². The summed E-state index contributed by atoms with van der Waals surface area (Å²) in [6.07, 6.45) is 4.84. The number of fused-ring (bicyclic) bond motifs is 1. The summed E-state index contributed by atoms with van der Waals surface area (Å²) in [7, 11) is -3.42. The second kappa shape index (κ2) is 12.3.